The number of carbonyl (C=O) groups is 2. The average Bonchev–Trinajstić information content (AvgIpc) is 3.41. The first-order valence-electron chi connectivity index (χ1n) is 10.7. The number of guanidine groups is 1. The highest BCUT2D eigenvalue weighted by Gasteiger charge is 2.28. The molecule has 174 valence electrons. The summed E-state index contributed by atoms with van der Waals surface area (Å²) >= 11 is 1.77. The first-order valence-corrected chi connectivity index (χ1v) is 11.6. The number of aryl methyl sites for hydroxylation is 1. The number of hydrogen-bond donors (Lipinski definition) is 1. The Morgan fingerprint density at radius 2 is 2.09 bits per heavy atom. The van der Waals surface area contributed by atoms with Crippen molar-refractivity contribution in [1.82, 2.24) is 24.9 Å². The van der Waals surface area contributed by atoms with Crippen LogP contribution in [-0.2, 0) is 29.6 Å². The molecule has 4 heterocycles. The Bertz CT molecular complexity index is 973. The number of piperazine rings is 1. The van der Waals surface area contributed by atoms with Crippen LogP contribution in [0.1, 0.15) is 23.8 Å². The molecule has 4 rings (SSSR count). The molecule has 0 bridgehead atoms. The van der Waals surface area contributed by atoms with Crippen LogP contribution in [-0.4, -0.2) is 76.6 Å². The molecule has 1 fully saturated rings. The Kier molecular flexibility index (Phi) is 8.51. The van der Waals surface area contributed by atoms with Crippen LogP contribution >= 0.6 is 35.3 Å². The fraction of sp³-hybridized carbons (Fsp3) is 0.524. The van der Waals surface area contributed by atoms with Crippen molar-refractivity contribution in [1.29, 1.82) is 0 Å². The minimum atomic E-state index is 0. The topological polar surface area (TPSA) is 86.1 Å². The maximum absolute atomic E-state index is 12.7. The summed E-state index contributed by atoms with van der Waals surface area (Å²) in [6.45, 7) is 6.09. The van der Waals surface area contributed by atoms with Gasteiger partial charge in [-0.25, -0.2) is 0 Å². The highest BCUT2D eigenvalue weighted by molar-refractivity contribution is 14.0. The van der Waals surface area contributed by atoms with E-state index in [0.29, 0.717) is 45.1 Å². The molecule has 1 saturated heterocycles. The summed E-state index contributed by atoms with van der Waals surface area (Å²) in [5, 5.41) is 9.51. The van der Waals surface area contributed by atoms with Crippen LogP contribution in [0.2, 0.25) is 0 Å². The van der Waals surface area contributed by atoms with Gasteiger partial charge in [0.05, 0.1) is 18.4 Å². The zero-order chi connectivity index (χ0) is 21.8. The molecule has 0 unspecified atom stereocenters. The third-order valence-corrected chi connectivity index (χ3v) is 6.63. The van der Waals surface area contributed by atoms with Gasteiger partial charge in [0, 0.05) is 57.3 Å². The molecule has 0 atom stereocenters. The SMILES string of the molecule is CCNC(=NCCC(=O)N1CCc2sccc2C1)N1CCN(c2cnn(C)c2)C(=O)C1.I. The number of amides is 2. The molecule has 0 radical (unpaired) electrons. The molecule has 2 aliphatic rings. The molecular formula is C21H30IN7O2S. The van der Waals surface area contributed by atoms with E-state index < -0.39 is 0 Å². The Morgan fingerprint density at radius 3 is 2.81 bits per heavy atom. The first kappa shape index (κ1) is 24.5. The number of nitrogens with one attached hydrogen (secondary N) is 1. The highest BCUT2D eigenvalue weighted by Crippen LogP contribution is 2.24. The number of thiophene rings is 1. The molecule has 2 amide bonds. The maximum Gasteiger partial charge on any atom is 0.246 e. The largest absolute Gasteiger partial charge is 0.357 e. The first-order chi connectivity index (χ1) is 15.0. The number of nitrogens with zero attached hydrogens (tertiary/aromatic N) is 6. The normalized spacial score (nSPS) is 16.6. The quantitative estimate of drug-likeness (QED) is 0.336. The van der Waals surface area contributed by atoms with Gasteiger partial charge in [0.15, 0.2) is 5.96 Å². The van der Waals surface area contributed by atoms with Gasteiger partial charge in [-0.05, 0) is 30.4 Å². The van der Waals surface area contributed by atoms with E-state index in [1.807, 2.05) is 30.0 Å². The van der Waals surface area contributed by atoms with Crippen LogP contribution in [0.3, 0.4) is 0 Å². The summed E-state index contributed by atoms with van der Waals surface area (Å²) in [7, 11) is 1.84. The molecular weight excluding hydrogens is 541 g/mol. The summed E-state index contributed by atoms with van der Waals surface area (Å²) in [6.07, 6.45) is 4.86. The predicted molar refractivity (Wildman–Crippen MR) is 137 cm³/mol. The van der Waals surface area contributed by atoms with Crippen molar-refractivity contribution in [2.45, 2.75) is 26.3 Å². The number of fused-ring (bicyclic) bond motifs is 1. The molecule has 2 aromatic rings. The summed E-state index contributed by atoms with van der Waals surface area (Å²) in [4.78, 5) is 37.0. The van der Waals surface area contributed by atoms with Crippen molar-refractivity contribution < 1.29 is 9.59 Å². The van der Waals surface area contributed by atoms with E-state index in [1.54, 1.807) is 27.1 Å². The van der Waals surface area contributed by atoms with Gasteiger partial charge >= 0.3 is 0 Å². The minimum absolute atomic E-state index is 0. The van der Waals surface area contributed by atoms with Crippen molar-refractivity contribution in [3.63, 3.8) is 0 Å². The van der Waals surface area contributed by atoms with Gasteiger partial charge in [-0.2, -0.15) is 5.10 Å². The number of anilines is 1. The van der Waals surface area contributed by atoms with E-state index in [2.05, 4.69) is 26.9 Å². The number of aromatic nitrogens is 2. The minimum Gasteiger partial charge on any atom is -0.357 e. The van der Waals surface area contributed by atoms with Crippen LogP contribution in [0.25, 0.3) is 0 Å². The van der Waals surface area contributed by atoms with Crippen molar-refractivity contribution in [2.24, 2.45) is 12.0 Å². The lowest BCUT2D eigenvalue weighted by Crippen LogP contribution is -2.55. The number of hydrogen-bond acceptors (Lipinski definition) is 5. The fourth-order valence-electron chi connectivity index (χ4n) is 3.98. The molecule has 0 spiro atoms. The van der Waals surface area contributed by atoms with Crippen LogP contribution < -0.4 is 10.2 Å². The fourth-order valence-corrected chi connectivity index (χ4v) is 4.87. The van der Waals surface area contributed by atoms with Gasteiger partial charge in [-0.3, -0.25) is 19.3 Å². The number of halogens is 1. The molecule has 2 aromatic heterocycles. The van der Waals surface area contributed by atoms with Gasteiger partial charge in [-0.15, -0.1) is 35.3 Å². The van der Waals surface area contributed by atoms with Gasteiger partial charge in [0.25, 0.3) is 0 Å². The second-order valence-corrected chi connectivity index (χ2v) is 8.76. The summed E-state index contributed by atoms with van der Waals surface area (Å²) < 4.78 is 1.69. The second-order valence-electron chi connectivity index (χ2n) is 7.76. The zero-order valence-electron chi connectivity index (χ0n) is 18.5. The molecule has 11 heteroatoms. The summed E-state index contributed by atoms with van der Waals surface area (Å²) in [5.74, 6) is 0.836. The summed E-state index contributed by atoms with van der Waals surface area (Å²) in [6, 6.07) is 2.11. The number of rotatable bonds is 5. The smallest absolute Gasteiger partial charge is 0.246 e. The predicted octanol–water partition coefficient (Wildman–Crippen LogP) is 1.69. The zero-order valence-corrected chi connectivity index (χ0v) is 21.6. The van der Waals surface area contributed by atoms with E-state index in [0.717, 1.165) is 18.7 Å². The highest BCUT2D eigenvalue weighted by atomic mass is 127. The third-order valence-electron chi connectivity index (χ3n) is 5.61. The monoisotopic (exact) mass is 571 g/mol. The van der Waals surface area contributed by atoms with E-state index in [4.69, 9.17) is 0 Å². The Balaban J connectivity index is 0.00000289. The van der Waals surface area contributed by atoms with Crippen molar-refractivity contribution in [2.75, 3.05) is 44.2 Å². The van der Waals surface area contributed by atoms with Gasteiger partial charge in [0.2, 0.25) is 11.8 Å². The van der Waals surface area contributed by atoms with Crippen molar-refractivity contribution in [3.8, 4) is 0 Å². The summed E-state index contributed by atoms with van der Waals surface area (Å²) in [5.41, 5.74) is 2.08. The molecule has 0 saturated carbocycles. The van der Waals surface area contributed by atoms with E-state index in [1.165, 1.54) is 10.4 Å². The Morgan fingerprint density at radius 1 is 1.25 bits per heavy atom. The maximum atomic E-state index is 12.7. The van der Waals surface area contributed by atoms with Crippen molar-refractivity contribution >= 4 is 58.8 Å². The molecule has 1 N–H and O–H groups in total. The lowest BCUT2D eigenvalue weighted by atomic mass is 10.1. The lowest BCUT2D eigenvalue weighted by Gasteiger charge is -2.35. The number of carbonyl (C=O) groups excluding carboxylic acids is 2. The van der Waals surface area contributed by atoms with Gasteiger partial charge < -0.3 is 20.0 Å². The molecule has 32 heavy (non-hydrogen) atoms. The van der Waals surface area contributed by atoms with E-state index in [-0.39, 0.29) is 42.3 Å². The molecule has 9 nitrogen and oxygen atoms in total. The lowest BCUT2D eigenvalue weighted by molar-refractivity contribution is -0.131. The Labute approximate surface area is 209 Å². The molecule has 0 aromatic carbocycles. The average molecular weight is 571 g/mol. The van der Waals surface area contributed by atoms with Crippen molar-refractivity contribution in [3.05, 3.63) is 34.3 Å². The molecule has 2 aliphatic heterocycles. The standard InChI is InChI=1S/C21H29N7O2S.HI/c1-3-22-21(27-9-10-28(20(30)15-27)17-12-24-25(2)14-17)23-7-4-19(29)26-8-5-18-16(13-26)6-11-31-18;/h6,11-12,14H,3-5,7-10,13,15H2,1-2H3,(H,22,23);1H. The van der Waals surface area contributed by atoms with E-state index in [9.17, 15) is 9.59 Å². The third kappa shape index (κ3) is 5.61. The number of aliphatic imine (C=N–C) groups is 1. The van der Waals surface area contributed by atoms with Crippen LogP contribution in [0.5, 0.6) is 0 Å². The van der Waals surface area contributed by atoms with Crippen LogP contribution in [0.4, 0.5) is 5.69 Å². The van der Waals surface area contributed by atoms with Crippen LogP contribution in [0, 0.1) is 0 Å². The Hall–Kier alpha value is -2.15. The van der Waals surface area contributed by atoms with Gasteiger partial charge in [0.1, 0.15) is 6.54 Å². The molecule has 0 aliphatic carbocycles. The van der Waals surface area contributed by atoms with Crippen LogP contribution in [0.15, 0.2) is 28.8 Å². The second kappa shape index (κ2) is 11.1. The van der Waals surface area contributed by atoms with Gasteiger partial charge in [-0.1, -0.05) is 0 Å². The van der Waals surface area contributed by atoms with E-state index >= 15 is 0 Å².